The van der Waals surface area contributed by atoms with E-state index in [4.69, 9.17) is 51.5 Å². The Morgan fingerprint density at radius 3 is 2.55 bits per heavy atom. The van der Waals surface area contributed by atoms with Crippen molar-refractivity contribution in [3.63, 3.8) is 0 Å². The number of hydrogen-bond donors (Lipinski definition) is 1. The van der Waals surface area contributed by atoms with E-state index in [1.54, 1.807) is 0 Å². The number of aliphatic hydroxyl groups excluding tert-OH is 1. The first-order chi connectivity index (χ1) is 4.93. The van der Waals surface area contributed by atoms with E-state index in [1.165, 1.54) is 0 Å². The van der Waals surface area contributed by atoms with Gasteiger partial charge in [-0.2, -0.15) is 0 Å². The first-order valence-electron chi connectivity index (χ1n) is 2.86. The molecular formula is C5H5Cl4NO. The van der Waals surface area contributed by atoms with Crippen LogP contribution in [0.4, 0.5) is 0 Å². The van der Waals surface area contributed by atoms with E-state index < -0.39 is 15.9 Å². The van der Waals surface area contributed by atoms with Gasteiger partial charge in [0.2, 0.25) is 0 Å². The summed E-state index contributed by atoms with van der Waals surface area (Å²) in [5, 5.41) is 8.78. The Hall–Kier alpha value is 0.790. The summed E-state index contributed by atoms with van der Waals surface area (Å²) in [7, 11) is 0. The summed E-state index contributed by atoms with van der Waals surface area (Å²) in [6, 6.07) is 0. The second-order valence-electron chi connectivity index (χ2n) is 2.26. The van der Waals surface area contributed by atoms with Crippen LogP contribution in [0.15, 0.2) is 4.99 Å². The maximum Gasteiger partial charge on any atom is 0.179 e. The van der Waals surface area contributed by atoms with Crippen molar-refractivity contribution in [1.82, 2.24) is 0 Å². The SMILES string of the molecule is OC1N=C(Cl)C(Cl)CC1(Cl)Cl. The molecule has 1 N–H and O–H groups in total. The number of nitrogens with zero attached hydrogens (tertiary/aromatic N) is 1. The average molecular weight is 237 g/mol. The van der Waals surface area contributed by atoms with Crippen LogP contribution in [-0.4, -0.2) is 26.2 Å². The van der Waals surface area contributed by atoms with Gasteiger partial charge in [0, 0.05) is 6.42 Å². The molecular weight excluding hydrogens is 232 g/mol. The number of halogens is 4. The molecule has 2 unspecified atom stereocenters. The highest BCUT2D eigenvalue weighted by Gasteiger charge is 2.40. The molecule has 0 saturated heterocycles. The number of rotatable bonds is 0. The maximum absolute atomic E-state index is 9.13. The van der Waals surface area contributed by atoms with Crippen LogP contribution in [0.1, 0.15) is 6.42 Å². The lowest BCUT2D eigenvalue weighted by atomic mass is 10.1. The van der Waals surface area contributed by atoms with Gasteiger partial charge in [-0.1, -0.05) is 34.8 Å². The molecule has 2 atom stereocenters. The summed E-state index contributed by atoms with van der Waals surface area (Å²) in [6.45, 7) is 0. The van der Waals surface area contributed by atoms with Gasteiger partial charge in [0.05, 0.1) is 5.38 Å². The molecule has 0 fully saturated rings. The van der Waals surface area contributed by atoms with Gasteiger partial charge in [0.15, 0.2) is 10.6 Å². The second kappa shape index (κ2) is 3.27. The van der Waals surface area contributed by atoms with Crippen LogP contribution in [-0.2, 0) is 0 Å². The van der Waals surface area contributed by atoms with E-state index >= 15 is 0 Å². The summed E-state index contributed by atoms with van der Waals surface area (Å²) in [5.74, 6) is 0. The number of aliphatic hydroxyl groups is 1. The lowest BCUT2D eigenvalue weighted by Crippen LogP contribution is -2.39. The fourth-order valence-electron chi connectivity index (χ4n) is 0.721. The zero-order chi connectivity index (χ0) is 8.65. The van der Waals surface area contributed by atoms with Crippen LogP contribution >= 0.6 is 46.4 Å². The molecule has 0 spiro atoms. The van der Waals surface area contributed by atoms with Crippen molar-refractivity contribution in [2.45, 2.75) is 22.4 Å². The fourth-order valence-corrected chi connectivity index (χ4v) is 1.75. The maximum atomic E-state index is 9.13. The largest absolute Gasteiger partial charge is 0.369 e. The summed E-state index contributed by atoms with van der Waals surface area (Å²) < 4.78 is -1.31. The number of alkyl halides is 3. The van der Waals surface area contributed by atoms with E-state index in [9.17, 15) is 0 Å². The topological polar surface area (TPSA) is 32.6 Å². The van der Waals surface area contributed by atoms with Gasteiger partial charge >= 0.3 is 0 Å². The van der Waals surface area contributed by atoms with Crippen molar-refractivity contribution in [2.75, 3.05) is 0 Å². The van der Waals surface area contributed by atoms with Gasteiger partial charge < -0.3 is 5.11 Å². The highest BCUT2D eigenvalue weighted by molar-refractivity contribution is 6.71. The predicted molar refractivity (Wildman–Crippen MR) is 48.0 cm³/mol. The normalized spacial score (nSPS) is 36.6. The van der Waals surface area contributed by atoms with E-state index in [0.29, 0.717) is 0 Å². The van der Waals surface area contributed by atoms with Crippen LogP contribution in [0.25, 0.3) is 0 Å². The molecule has 0 amide bonds. The van der Waals surface area contributed by atoms with Gasteiger partial charge in [-0.25, -0.2) is 4.99 Å². The third-order valence-corrected chi connectivity index (χ3v) is 2.87. The fraction of sp³-hybridized carbons (Fsp3) is 0.800. The lowest BCUT2D eigenvalue weighted by Gasteiger charge is -2.29. The Kier molecular flexibility index (Phi) is 2.93. The summed E-state index contributed by atoms with van der Waals surface area (Å²) in [5.41, 5.74) is 0. The minimum atomic E-state index is -1.31. The molecule has 0 aliphatic carbocycles. The Balaban J connectivity index is 2.84. The van der Waals surface area contributed by atoms with Crippen LogP contribution < -0.4 is 0 Å². The second-order valence-corrected chi connectivity index (χ2v) is 4.71. The minimum absolute atomic E-state index is 0.149. The zero-order valence-corrected chi connectivity index (χ0v) is 8.29. The molecule has 1 aliphatic heterocycles. The Labute approximate surface area is 84.1 Å². The number of aliphatic imine (C=N–C) groups is 1. The Morgan fingerprint density at radius 2 is 2.09 bits per heavy atom. The third kappa shape index (κ3) is 2.13. The first-order valence-corrected chi connectivity index (χ1v) is 4.43. The molecule has 1 aliphatic rings. The number of hydrogen-bond acceptors (Lipinski definition) is 2. The highest BCUT2D eigenvalue weighted by atomic mass is 35.5. The monoisotopic (exact) mass is 235 g/mol. The van der Waals surface area contributed by atoms with Gasteiger partial charge in [-0.15, -0.1) is 11.6 Å². The van der Waals surface area contributed by atoms with Crippen molar-refractivity contribution in [1.29, 1.82) is 0 Å². The average Bonchev–Trinajstić information content (AvgIpc) is 1.83. The minimum Gasteiger partial charge on any atom is -0.369 e. The van der Waals surface area contributed by atoms with Crippen LogP contribution in [0, 0.1) is 0 Å². The smallest absolute Gasteiger partial charge is 0.179 e. The van der Waals surface area contributed by atoms with Crippen molar-refractivity contribution in [2.24, 2.45) is 4.99 Å². The van der Waals surface area contributed by atoms with Crippen LogP contribution in [0.5, 0.6) is 0 Å². The first kappa shape index (κ1) is 9.87. The molecule has 6 heteroatoms. The van der Waals surface area contributed by atoms with Crippen molar-refractivity contribution >= 4 is 51.6 Å². The third-order valence-electron chi connectivity index (χ3n) is 1.33. The molecule has 1 heterocycles. The van der Waals surface area contributed by atoms with E-state index in [2.05, 4.69) is 4.99 Å². The van der Waals surface area contributed by atoms with Gasteiger partial charge in [0.1, 0.15) is 5.17 Å². The summed E-state index contributed by atoms with van der Waals surface area (Å²) >= 11 is 22.5. The van der Waals surface area contributed by atoms with Crippen LogP contribution in [0.3, 0.4) is 0 Å². The van der Waals surface area contributed by atoms with Crippen molar-refractivity contribution in [3.05, 3.63) is 0 Å². The summed E-state index contributed by atoms with van der Waals surface area (Å²) in [4.78, 5) is 3.56. The molecule has 1 rings (SSSR count). The molecule has 0 saturated carbocycles. The predicted octanol–water partition coefficient (Wildman–Crippen LogP) is 2.13. The van der Waals surface area contributed by atoms with E-state index in [-0.39, 0.29) is 11.6 Å². The zero-order valence-electron chi connectivity index (χ0n) is 5.27. The molecule has 0 aromatic rings. The molecule has 2 nitrogen and oxygen atoms in total. The van der Waals surface area contributed by atoms with Gasteiger partial charge in [-0.3, -0.25) is 0 Å². The molecule has 0 aromatic carbocycles. The molecule has 0 bridgehead atoms. The van der Waals surface area contributed by atoms with Crippen molar-refractivity contribution < 1.29 is 5.11 Å². The Morgan fingerprint density at radius 1 is 1.55 bits per heavy atom. The summed E-state index contributed by atoms with van der Waals surface area (Å²) in [6.07, 6.45) is -0.991. The lowest BCUT2D eigenvalue weighted by molar-refractivity contribution is 0.157. The van der Waals surface area contributed by atoms with Crippen molar-refractivity contribution in [3.8, 4) is 0 Å². The highest BCUT2D eigenvalue weighted by Crippen LogP contribution is 2.37. The standard InChI is InChI=1S/C5H5Cl4NO/c6-2-1-5(8,9)4(11)10-3(2)7/h2,4,11H,1H2. The molecule has 64 valence electrons. The van der Waals surface area contributed by atoms with Crippen LogP contribution in [0.2, 0.25) is 0 Å². The molecule has 11 heavy (non-hydrogen) atoms. The van der Waals surface area contributed by atoms with Gasteiger partial charge in [-0.05, 0) is 0 Å². The van der Waals surface area contributed by atoms with E-state index in [0.717, 1.165) is 0 Å². The van der Waals surface area contributed by atoms with E-state index in [1.807, 2.05) is 0 Å². The van der Waals surface area contributed by atoms with Gasteiger partial charge in [0.25, 0.3) is 0 Å². The molecule has 0 radical (unpaired) electrons. The quantitative estimate of drug-likeness (QED) is 0.643. The molecule has 0 aromatic heterocycles. The Bertz CT molecular complexity index is 193.